The maximum atomic E-state index is 12.5. The number of amides is 1. The van der Waals surface area contributed by atoms with Gasteiger partial charge >= 0.3 is 0 Å². The molecule has 0 saturated carbocycles. The zero-order valence-electron chi connectivity index (χ0n) is 18.7. The first kappa shape index (κ1) is 21.8. The number of carbonyl (C=O) groups excluding carboxylic acids is 1. The highest BCUT2D eigenvalue weighted by atomic mass is 16.5. The number of ether oxygens (including phenoxy) is 1. The van der Waals surface area contributed by atoms with E-state index in [1.54, 1.807) is 0 Å². The average Bonchev–Trinajstić information content (AvgIpc) is 2.75. The van der Waals surface area contributed by atoms with Crippen LogP contribution in [-0.2, 0) is 16.1 Å². The van der Waals surface area contributed by atoms with Crippen LogP contribution in [0.2, 0.25) is 0 Å². The smallest absolute Gasteiger partial charge is 0.238 e. The van der Waals surface area contributed by atoms with Gasteiger partial charge in [-0.3, -0.25) is 14.6 Å². The maximum Gasteiger partial charge on any atom is 0.238 e. The molecule has 2 saturated heterocycles. The van der Waals surface area contributed by atoms with Crippen LogP contribution in [0.25, 0.3) is 0 Å². The standard InChI is InChI=1S/C25H34N4O2/c1-20-16-28(17-21(2)31-20)19-25(30)26-23-8-10-24(11-9-23)29-14-12-27(13-15-29)18-22-6-4-3-5-7-22/h3-11,20-21H,12-19H2,1-2H3,(H,26,30)/t20-,21-/m1/s1. The first-order valence-electron chi connectivity index (χ1n) is 11.3. The summed E-state index contributed by atoms with van der Waals surface area (Å²) in [6.45, 7) is 11.3. The lowest BCUT2D eigenvalue weighted by Crippen LogP contribution is -2.48. The maximum absolute atomic E-state index is 12.5. The Labute approximate surface area is 185 Å². The second kappa shape index (κ2) is 10.3. The van der Waals surface area contributed by atoms with E-state index in [2.05, 4.69) is 76.3 Å². The van der Waals surface area contributed by atoms with Crippen LogP contribution in [0.4, 0.5) is 11.4 Å². The summed E-state index contributed by atoms with van der Waals surface area (Å²) in [7, 11) is 0. The Hall–Kier alpha value is -2.41. The van der Waals surface area contributed by atoms with E-state index < -0.39 is 0 Å². The molecule has 2 aliphatic heterocycles. The molecule has 0 unspecified atom stereocenters. The Morgan fingerprint density at radius 2 is 1.55 bits per heavy atom. The van der Waals surface area contributed by atoms with Crippen LogP contribution in [0.5, 0.6) is 0 Å². The number of morpholine rings is 1. The number of anilines is 2. The van der Waals surface area contributed by atoms with E-state index >= 15 is 0 Å². The van der Waals surface area contributed by atoms with Crippen LogP contribution in [0, 0.1) is 0 Å². The number of nitrogens with one attached hydrogen (secondary N) is 1. The molecule has 0 radical (unpaired) electrons. The van der Waals surface area contributed by atoms with Crippen molar-refractivity contribution in [1.82, 2.24) is 9.80 Å². The summed E-state index contributed by atoms with van der Waals surface area (Å²) < 4.78 is 5.74. The van der Waals surface area contributed by atoms with Gasteiger partial charge in [-0.25, -0.2) is 0 Å². The van der Waals surface area contributed by atoms with Crippen molar-refractivity contribution in [2.45, 2.75) is 32.6 Å². The van der Waals surface area contributed by atoms with Gasteiger partial charge in [0.25, 0.3) is 0 Å². The van der Waals surface area contributed by atoms with Gasteiger partial charge < -0.3 is 15.0 Å². The normalized spacial score (nSPS) is 23.0. The Bertz CT molecular complexity index is 824. The van der Waals surface area contributed by atoms with Crippen molar-refractivity contribution in [3.63, 3.8) is 0 Å². The van der Waals surface area contributed by atoms with Gasteiger partial charge in [0.05, 0.1) is 18.8 Å². The first-order chi connectivity index (χ1) is 15.0. The third-order valence-electron chi connectivity index (χ3n) is 6.00. The Morgan fingerprint density at radius 3 is 2.19 bits per heavy atom. The molecule has 0 aromatic heterocycles. The summed E-state index contributed by atoms with van der Waals surface area (Å²) in [6, 6.07) is 18.9. The van der Waals surface area contributed by atoms with Gasteiger partial charge in [0, 0.05) is 57.2 Å². The largest absolute Gasteiger partial charge is 0.373 e. The number of rotatable bonds is 6. The molecule has 4 rings (SSSR count). The summed E-state index contributed by atoms with van der Waals surface area (Å²) in [5.74, 6) is 0.0311. The average molecular weight is 423 g/mol. The Balaban J connectivity index is 1.23. The Kier molecular flexibility index (Phi) is 7.22. The molecule has 2 atom stereocenters. The van der Waals surface area contributed by atoms with E-state index in [0.29, 0.717) is 6.54 Å². The molecule has 0 aliphatic carbocycles. The fourth-order valence-electron chi connectivity index (χ4n) is 4.58. The van der Waals surface area contributed by atoms with Crippen molar-refractivity contribution >= 4 is 17.3 Å². The monoisotopic (exact) mass is 422 g/mol. The highest BCUT2D eigenvalue weighted by molar-refractivity contribution is 5.92. The van der Waals surface area contributed by atoms with Crippen molar-refractivity contribution in [3.05, 3.63) is 60.2 Å². The van der Waals surface area contributed by atoms with Crippen molar-refractivity contribution in [1.29, 1.82) is 0 Å². The highest BCUT2D eigenvalue weighted by Gasteiger charge is 2.23. The van der Waals surface area contributed by atoms with E-state index in [0.717, 1.165) is 51.5 Å². The number of benzene rings is 2. The molecule has 2 heterocycles. The second-order valence-corrected chi connectivity index (χ2v) is 8.80. The predicted octanol–water partition coefficient (Wildman–Crippen LogP) is 3.06. The summed E-state index contributed by atoms with van der Waals surface area (Å²) in [5, 5.41) is 3.04. The fourth-order valence-corrected chi connectivity index (χ4v) is 4.58. The van der Waals surface area contributed by atoms with E-state index in [-0.39, 0.29) is 18.1 Å². The zero-order valence-corrected chi connectivity index (χ0v) is 18.7. The van der Waals surface area contributed by atoms with E-state index in [1.807, 2.05) is 12.1 Å². The molecule has 0 spiro atoms. The molecule has 6 heteroatoms. The lowest BCUT2D eigenvalue weighted by molar-refractivity contribution is -0.121. The van der Waals surface area contributed by atoms with Crippen LogP contribution in [0.1, 0.15) is 19.4 Å². The molecular weight excluding hydrogens is 388 g/mol. The summed E-state index contributed by atoms with van der Waals surface area (Å²) in [4.78, 5) is 19.5. The number of carbonyl (C=O) groups is 1. The minimum Gasteiger partial charge on any atom is -0.373 e. The molecule has 31 heavy (non-hydrogen) atoms. The van der Waals surface area contributed by atoms with Crippen molar-refractivity contribution in [2.24, 2.45) is 0 Å². The summed E-state index contributed by atoms with van der Waals surface area (Å²) in [5.41, 5.74) is 3.44. The van der Waals surface area contributed by atoms with Gasteiger partial charge in [-0.15, -0.1) is 0 Å². The van der Waals surface area contributed by atoms with Crippen LogP contribution >= 0.6 is 0 Å². The third kappa shape index (κ3) is 6.29. The molecule has 166 valence electrons. The summed E-state index contributed by atoms with van der Waals surface area (Å²) >= 11 is 0. The van der Waals surface area contributed by atoms with Gasteiger partial charge in [-0.1, -0.05) is 30.3 Å². The lowest BCUT2D eigenvalue weighted by Gasteiger charge is -2.36. The second-order valence-electron chi connectivity index (χ2n) is 8.80. The predicted molar refractivity (Wildman–Crippen MR) is 125 cm³/mol. The number of nitrogens with zero attached hydrogens (tertiary/aromatic N) is 3. The van der Waals surface area contributed by atoms with Crippen LogP contribution in [0.15, 0.2) is 54.6 Å². The number of piperazine rings is 1. The molecule has 2 aromatic carbocycles. The molecule has 2 aromatic rings. The molecule has 2 fully saturated rings. The quantitative estimate of drug-likeness (QED) is 0.775. The van der Waals surface area contributed by atoms with Gasteiger partial charge in [-0.2, -0.15) is 0 Å². The van der Waals surface area contributed by atoms with Crippen molar-refractivity contribution < 1.29 is 9.53 Å². The van der Waals surface area contributed by atoms with Gasteiger partial charge in [0.15, 0.2) is 0 Å². The molecule has 2 aliphatic rings. The van der Waals surface area contributed by atoms with Gasteiger partial charge in [0.2, 0.25) is 5.91 Å². The van der Waals surface area contributed by atoms with Gasteiger partial charge in [-0.05, 0) is 43.7 Å². The van der Waals surface area contributed by atoms with E-state index in [1.165, 1.54) is 11.3 Å². The summed E-state index contributed by atoms with van der Waals surface area (Å²) in [6.07, 6.45) is 0.341. The van der Waals surface area contributed by atoms with Crippen LogP contribution in [-0.4, -0.2) is 73.7 Å². The van der Waals surface area contributed by atoms with Crippen molar-refractivity contribution in [2.75, 3.05) is 56.0 Å². The van der Waals surface area contributed by atoms with Gasteiger partial charge in [0.1, 0.15) is 0 Å². The highest BCUT2D eigenvalue weighted by Crippen LogP contribution is 2.20. The van der Waals surface area contributed by atoms with Crippen LogP contribution in [0.3, 0.4) is 0 Å². The van der Waals surface area contributed by atoms with Crippen LogP contribution < -0.4 is 10.2 Å². The molecule has 6 nitrogen and oxygen atoms in total. The lowest BCUT2D eigenvalue weighted by atomic mass is 10.2. The molecule has 1 amide bonds. The molecule has 0 bridgehead atoms. The first-order valence-corrected chi connectivity index (χ1v) is 11.3. The van der Waals surface area contributed by atoms with Crippen molar-refractivity contribution in [3.8, 4) is 0 Å². The minimum atomic E-state index is 0.0311. The topological polar surface area (TPSA) is 48.1 Å². The number of hydrogen-bond acceptors (Lipinski definition) is 5. The molecule has 1 N–H and O–H groups in total. The third-order valence-corrected chi connectivity index (χ3v) is 6.00. The number of hydrogen-bond donors (Lipinski definition) is 1. The Morgan fingerprint density at radius 1 is 0.903 bits per heavy atom. The fraction of sp³-hybridized carbons (Fsp3) is 0.480. The minimum absolute atomic E-state index is 0.0311. The van der Waals surface area contributed by atoms with E-state index in [9.17, 15) is 4.79 Å². The van der Waals surface area contributed by atoms with E-state index in [4.69, 9.17) is 4.74 Å². The zero-order chi connectivity index (χ0) is 21.6. The SMILES string of the molecule is C[C@@H]1CN(CC(=O)Nc2ccc(N3CCN(Cc4ccccc4)CC3)cc2)C[C@@H](C)O1. The molecular formula is C25H34N4O2.